The number of nitrogens with zero attached hydrogens (tertiary/aromatic N) is 1. The van der Waals surface area contributed by atoms with Crippen LogP contribution in [0.3, 0.4) is 0 Å². The predicted octanol–water partition coefficient (Wildman–Crippen LogP) is 4.63. The lowest BCUT2D eigenvalue weighted by Crippen LogP contribution is -1.99. The zero-order valence-corrected chi connectivity index (χ0v) is 13.7. The Morgan fingerprint density at radius 1 is 1.25 bits per heavy atom. The Bertz CT molecular complexity index is 875. The van der Waals surface area contributed by atoms with Gasteiger partial charge in [-0.1, -0.05) is 12.1 Å². The molecule has 1 heterocycles. The average molecular weight is 342 g/mol. The van der Waals surface area contributed by atoms with Crippen LogP contribution in [0.1, 0.15) is 10.4 Å². The first-order valence-electron chi connectivity index (χ1n) is 7.32. The molecule has 4 nitrogen and oxygen atoms in total. The Morgan fingerprint density at radius 3 is 2.67 bits per heavy atom. The highest BCUT2D eigenvalue weighted by Crippen LogP contribution is 2.33. The lowest BCUT2D eigenvalue weighted by Gasteiger charge is -2.03. The number of rotatable bonds is 5. The molecule has 0 spiro atoms. The molecular weight excluding hydrogens is 327 g/mol. The summed E-state index contributed by atoms with van der Waals surface area (Å²) in [6.45, 7) is 1.99. The minimum atomic E-state index is -0.927. The van der Waals surface area contributed by atoms with E-state index in [2.05, 4.69) is 10.3 Å². The van der Waals surface area contributed by atoms with E-state index in [1.54, 1.807) is 12.1 Å². The first kappa shape index (κ1) is 16.1. The van der Waals surface area contributed by atoms with Crippen molar-refractivity contribution in [3.63, 3.8) is 0 Å². The summed E-state index contributed by atoms with van der Waals surface area (Å²) in [4.78, 5) is 16.3. The maximum atomic E-state index is 13.1. The number of thiazole rings is 1. The van der Waals surface area contributed by atoms with Crippen molar-refractivity contribution in [2.24, 2.45) is 0 Å². The summed E-state index contributed by atoms with van der Waals surface area (Å²) in [5.74, 6) is -1.27. The molecule has 0 radical (unpaired) electrons. The van der Waals surface area contributed by atoms with Crippen molar-refractivity contribution >= 4 is 28.1 Å². The summed E-state index contributed by atoms with van der Waals surface area (Å²) < 4.78 is 13.1. The van der Waals surface area contributed by atoms with Gasteiger partial charge in [0.2, 0.25) is 0 Å². The smallest absolute Gasteiger partial charge is 0.308 e. The van der Waals surface area contributed by atoms with Crippen LogP contribution in [0.25, 0.3) is 11.3 Å². The highest BCUT2D eigenvalue weighted by Gasteiger charge is 2.16. The number of carboxylic acid groups (broad SMARTS) is 1. The summed E-state index contributed by atoms with van der Waals surface area (Å²) >= 11 is 1.29. The van der Waals surface area contributed by atoms with E-state index < -0.39 is 5.97 Å². The third kappa shape index (κ3) is 3.78. The molecule has 2 N–H and O–H groups in total. The molecule has 3 aromatic rings. The van der Waals surface area contributed by atoms with Crippen molar-refractivity contribution in [2.45, 2.75) is 13.3 Å². The highest BCUT2D eigenvalue weighted by molar-refractivity contribution is 7.16. The molecule has 0 saturated heterocycles. The van der Waals surface area contributed by atoms with Crippen LogP contribution >= 0.6 is 11.3 Å². The Hall–Kier alpha value is -2.73. The van der Waals surface area contributed by atoms with Crippen LogP contribution in [0.2, 0.25) is 0 Å². The molecule has 0 aliphatic carbocycles. The summed E-state index contributed by atoms with van der Waals surface area (Å²) in [5, 5.41) is 12.9. The van der Waals surface area contributed by atoms with Crippen LogP contribution in [0.4, 0.5) is 15.2 Å². The van der Waals surface area contributed by atoms with E-state index in [0.717, 1.165) is 11.3 Å². The minimum absolute atomic E-state index is 0.125. The third-order valence-corrected chi connectivity index (χ3v) is 4.37. The molecule has 0 aliphatic heterocycles. The Labute approximate surface area is 142 Å². The molecule has 3 rings (SSSR count). The number of halogens is 1. The number of aryl methyl sites for hydroxylation is 1. The Morgan fingerprint density at radius 2 is 2.00 bits per heavy atom. The average Bonchev–Trinajstić information content (AvgIpc) is 2.89. The van der Waals surface area contributed by atoms with Gasteiger partial charge in [-0.05, 0) is 48.9 Å². The second kappa shape index (κ2) is 6.80. The molecule has 0 amide bonds. The number of aromatic nitrogens is 1. The predicted molar refractivity (Wildman–Crippen MR) is 93.3 cm³/mol. The molecule has 0 bridgehead atoms. The van der Waals surface area contributed by atoms with E-state index in [9.17, 15) is 9.18 Å². The van der Waals surface area contributed by atoms with Gasteiger partial charge in [-0.3, -0.25) is 4.79 Å². The number of hydrogen-bond acceptors (Lipinski definition) is 4. The van der Waals surface area contributed by atoms with Crippen LogP contribution in [-0.4, -0.2) is 16.1 Å². The van der Waals surface area contributed by atoms with Gasteiger partial charge in [0.15, 0.2) is 5.13 Å². The fourth-order valence-corrected chi connectivity index (χ4v) is 3.34. The Kier molecular flexibility index (Phi) is 4.57. The van der Waals surface area contributed by atoms with Gasteiger partial charge in [-0.2, -0.15) is 0 Å². The van der Waals surface area contributed by atoms with Crippen molar-refractivity contribution in [1.82, 2.24) is 4.98 Å². The monoisotopic (exact) mass is 342 g/mol. The second-order valence-corrected chi connectivity index (χ2v) is 6.45. The van der Waals surface area contributed by atoms with Gasteiger partial charge in [0.1, 0.15) is 5.82 Å². The normalized spacial score (nSPS) is 10.6. The standard InChI is InChI=1S/C18H15FN2O2S/c1-11-3-2-4-14(9-11)20-18-21-17(15(24-18)10-16(22)23)12-5-7-13(19)8-6-12/h2-9H,10H2,1H3,(H,20,21)(H,22,23). The number of nitrogens with one attached hydrogen (secondary N) is 1. The van der Waals surface area contributed by atoms with Crippen LogP contribution < -0.4 is 5.32 Å². The number of carbonyl (C=O) groups is 1. The van der Waals surface area contributed by atoms with E-state index in [1.165, 1.54) is 23.5 Å². The minimum Gasteiger partial charge on any atom is -0.481 e. The van der Waals surface area contributed by atoms with E-state index in [-0.39, 0.29) is 12.2 Å². The van der Waals surface area contributed by atoms with E-state index in [4.69, 9.17) is 5.11 Å². The van der Waals surface area contributed by atoms with E-state index in [0.29, 0.717) is 21.3 Å². The van der Waals surface area contributed by atoms with Gasteiger partial charge in [-0.25, -0.2) is 9.37 Å². The fraction of sp³-hybridized carbons (Fsp3) is 0.111. The maximum Gasteiger partial charge on any atom is 0.308 e. The molecule has 122 valence electrons. The first-order chi connectivity index (χ1) is 11.5. The molecule has 2 aromatic carbocycles. The zero-order valence-electron chi connectivity index (χ0n) is 12.9. The molecule has 0 atom stereocenters. The van der Waals surface area contributed by atoms with Gasteiger partial charge >= 0.3 is 5.97 Å². The van der Waals surface area contributed by atoms with Crippen molar-refractivity contribution in [2.75, 3.05) is 5.32 Å². The van der Waals surface area contributed by atoms with E-state index >= 15 is 0 Å². The highest BCUT2D eigenvalue weighted by atomic mass is 32.1. The van der Waals surface area contributed by atoms with Gasteiger partial charge in [0, 0.05) is 16.1 Å². The van der Waals surface area contributed by atoms with Gasteiger partial charge in [0.05, 0.1) is 12.1 Å². The molecule has 24 heavy (non-hydrogen) atoms. The van der Waals surface area contributed by atoms with Crippen LogP contribution in [0, 0.1) is 12.7 Å². The molecule has 0 unspecified atom stereocenters. The molecule has 1 aromatic heterocycles. The molecule has 6 heteroatoms. The van der Waals surface area contributed by atoms with Crippen molar-refractivity contribution < 1.29 is 14.3 Å². The van der Waals surface area contributed by atoms with Crippen LogP contribution in [0.15, 0.2) is 48.5 Å². The largest absolute Gasteiger partial charge is 0.481 e. The van der Waals surface area contributed by atoms with Crippen LogP contribution in [0.5, 0.6) is 0 Å². The second-order valence-electron chi connectivity index (χ2n) is 5.36. The number of anilines is 2. The van der Waals surface area contributed by atoms with Crippen LogP contribution in [-0.2, 0) is 11.2 Å². The van der Waals surface area contributed by atoms with Crippen molar-refractivity contribution in [1.29, 1.82) is 0 Å². The quantitative estimate of drug-likeness (QED) is 0.710. The number of carboxylic acids is 1. The fourth-order valence-electron chi connectivity index (χ4n) is 2.34. The molecule has 0 saturated carbocycles. The Balaban J connectivity index is 1.96. The van der Waals surface area contributed by atoms with Crippen molar-refractivity contribution in [3.8, 4) is 11.3 Å². The van der Waals surface area contributed by atoms with Gasteiger partial charge in [0.25, 0.3) is 0 Å². The number of hydrogen-bond donors (Lipinski definition) is 2. The summed E-state index contributed by atoms with van der Waals surface area (Å²) in [6, 6.07) is 13.7. The molecule has 0 aliphatic rings. The van der Waals surface area contributed by atoms with Crippen molar-refractivity contribution in [3.05, 3.63) is 64.8 Å². The summed E-state index contributed by atoms with van der Waals surface area (Å²) in [5.41, 5.74) is 3.26. The molecular formula is C18H15FN2O2S. The first-order valence-corrected chi connectivity index (χ1v) is 8.14. The zero-order chi connectivity index (χ0) is 17.1. The summed E-state index contributed by atoms with van der Waals surface area (Å²) in [7, 11) is 0. The maximum absolute atomic E-state index is 13.1. The molecule has 0 fully saturated rings. The SMILES string of the molecule is Cc1cccc(Nc2nc(-c3ccc(F)cc3)c(CC(=O)O)s2)c1. The lowest BCUT2D eigenvalue weighted by molar-refractivity contribution is -0.136. The van der Waals surface area contributed by atoms with Gasteiger partial charge < -0.3 is 10.4 Å². The van der Waals surface area contributed by atoms with E-state index in [1.807, 2.05) is 31.2 Å². The lowest BCUT2D eigenvalue weighted by atomic mass is 10.1. The number of aliphatic carboxylic acids is 1. The third-order valence-electron chi connectivity index (χ3n) is 3.40. The van der Waals surface area contributed by atoms with Gasteiger partial charge in [-0.15, -0.1) is 11.3 Å². The number of benzene rings is 2. The summed E-state index contributed by atoms with van der Waals surface area (Å²) in [6.07, 6.45) is -0.125. The topological polar surface area (TPSA) is 62.2 Å².